The minimum Gasteiger partial charge on any atom is -0.489 e. The molecule has 0 aliphatic rings. The van der Waals surface area contributed by atoms with Crippen molar-refractivity contribution in [2.24, 2.45) is 0 Å². The van der Waals surface area contributed by atoms with Crippen LogP contribution in [0.2, 0.25) is 0 Å². The number of carbonyl (C=O) groups excluding carboxylic acids is 3. The Hall–Kier alpha value is -3.55. The van der Waals surface area contributed by atoms with Gasteiger partial charge in [-0.1, -0.05) is 42.5 Å². The van der Waals surface area contributed by atoms with E-state index in [0.29, 0.717) is 12.4 Å². The van der Waals surface area contributed by atoms with Crippen molar-refractivity contribution in [1.82, 2.24) is 10.6 Å². The normalized spacial score (nSPS) is 11.8. The Labute approximate surface area is 194 Å². The van der Waals surface area contributed by atoms with Gasteiger partial charge < -0.3 is 24.8 Å². The Balaban J connectivity index is 2.01. The predicted octanol–water partition coefficient (Wildman–Crippen LogP) is 3.38. The minimum absolute atomic E-state index is 0.201. The first-order chi connectivity index (χ1) is 15.7. The lowest BCUT2D eigenvalue weighted by molar-refractivity contribution is -0.143. The Kier molecular flexibility index (Phi) is 9.72. The molecule has 178 valence electrons. The van der Waals surface area contributed by atoms with E-state index in [2.05, 4.69) is 10.6 Å². The van der Waals surface area contributed by atoms with Gasteiger partial charge in [-0.05, 0) is 51.0 Å². The molecule has 0 fully saturated rings. The number of esters is 1. The molecule has 33 heavy (non-hydrogen) atoms. The summed E-state index contributed by atoms with van der Waals surface area (Å²) in [7, 11) is 0. The molecule has 0 heterocycles. The van der Waals surface area contributed by atoms with Crippen LogP contribution in [0.1, 0.15) is 38.8 Å². The fourth-order valence-electron chi connectivity index (χ4n) is 2.85. The summed E-state index contributed by atoms with van der Waals surface area (Å²) in [5.74, 6) is -0.383. The molecule has 0 radical (unpaired) electrons. The van der Waals surface area contributed by atoms with E-state index in [-0.39, 0.29) is 19.6 Å². The molecule has 2 aromatic rings. The third-order valence-electron chi connectivity index (χ3n) is 4.33. The summed E-state index contributed by atoms with van der Waals surface area (Å²) in [4.78, 5) is 36.5. The fourth-order valence-corrected chi connectivity index (χ4v) is 2.85. The summed E-state index contributed by atoms with van der Waals surface area (Å²) in [6.45, 7) is 7.25. The van der Waals surface area contributed by atoms with Crippen LogP contribution in [0.5, 0.6) is 5.75 Å². The van der Waals surface area contributed by atoms with Crippen molar-refractivity contribution >= 4 is 18.0 Å². The maximum atomic E-state index is 12.7. The van der Waals surface area contributed by atoms with Gasteiger partial charge in [0.25, 0.3) is 0 Å². The number of rotatable bonds is 10. The summed E-state index contributed by atoms with van der Waals surface area (Å²) >= 11 is 0. The number of carbonyl (C=O) groups is 3. The van der Waals surface area contributed by atoms with Crippen molar-refractivity contribution in [3.05, 3.63) is 65.7 Å². The minimum atomic E-state index is -0.939. The Morgan fingerprint density at radius 2 is 1.61 bits per heavy atom. The number of hydrogen-bond donors (Lipinski definition) is 2. The van der Waals surface area contributed by atoms with E-state index in [1.807, 2.05) is 42.5 Å². The zero-order valence-corrected chi connectivity index (χ0v) is 19.6. The van der Waals surface area contributed by atoms with Gasteiger partial charge >= 0.3 is 12.1 Å². The highest BCUT2D eigenvalue weighted by molar-refractivity contribution is 5.88. The third-order valence-corrected chi connectivity index (χ3v) is 4.33. The smallest absolute Gasteiger partial charge is 0.408 e. The molecule has 1 unspecified atom stereocenters. The summed E-state index contributed by atoms with van der Waals surface area (Å²) in [5, 5.41) is 5.08. The van der Waals surface area contributed by atoms with Crippen LogP contribution in [0.3, 0.4) is 0 Å². The van der Waals surface area contributed by atoms with Gasteiger partial charge in [0.1, 0.15) is 30.5 Å². The number of alkyl carbamates (subject to hydrolysis) is 1. The van der Waals surface area contributed by atoms with E-state index in [4.69, 9.17) is 14.2 Å². The summed E-state index contributed by atoms with van der Waals surface area (Å²) in [6, 6.07) is 16.1. The fraction of sp³-hybridized carbons (Fsp3) is 0.400. The second-order valence-corrected chi connectivity index (χ2v) is 8.34. The first-order valence-corrected chi connectivity index (χ1v) is 10.8. The highest BCUT2D eigenvalue weighted by atomic mass is 16.6. The lowest BCUT2D eigenvalue weighted by atomic mass is 10.1. The van der Waals surface area contributed by atoms with Crippen LogP contribution in [0.4, 0.5) is 4.79 Å². The van der Waals surface area contributed by atoms with Crippen LogP contribution < -0.4 is 15.4 Å². The highest BCUT2D eigenvalue weighted by Crippen LogP contribution is 2.16. The standard InChI is InChI=1S/C25H32N2O6/c1-5-31-22(28)16-26-23(29)21(27-24(30)33-25(2,3)4)15-18-11-13-20(14-12-18)32-17-19-9-7-6-8-10-19/h6-14,21H,5,15-17H2,1-4H3,(H,26,29)(H,27,30). The number of ether oxygens (including phenoxy) is 3. The van der Waals surface area contributed by atoms with Crippen LogP contribution in [-0.4, -0.2) is 42.8 Å². The van der Waals surface area contributed by atoms with Crippen LogP contribution in [0.15, 0.2) is 54.6 Å². The molecular formula is C25H32N2O6. The molecule has 0 spiro atoms. The van der Waals surface area contributed by atoms with Gasteiger partial charge in [-0.3, -0.25) is 9.59 Å². The van der Waals surface area contributed by atoms with Crippen LogP contribution in [0.25, 0.3) is 0 Å². The molecule has 8 nitrogen and oxygen atoms in total. The first-order valence-electron chi connectivity index (χ1n) is 10.8. The van der Waals surface area contributed by atoms with Crippen molar-refractivity contribution in [1.29, 1.82) is 0 Å². The van der Waals surface area contributed by atoms with Crippen LogP contribution in [-0.2, 0) is 32.1 Å². The third kappa shape index (κ3) is 10.1. The number of hydrogen-bond acceptors (Lipinski definition) is 6. The van der Waals surface area contributed by atoms with E-state index in [1.165, 1.54) is 0 Å². The van der Waals surface area contributed by atoms with Gasteiger partial charge in [0.05, 0.1) is 6.61 Å². The molecule has 0 aliphatic carbocycles. The molecule has 1 atom stereocenters. The van der Waals surface area contributed by atoms with Gasteiger partial charge in [-0.25, -0.2) is 4.79 Å². The topological polar surface area (TPSA) is 103 Å². The molecule has 0 aromatic heterocycles. The Morgan fingerprint density at radius 1 is 0.939 bits per heavy atom. The zero-order chi connectivity index (χ0) is 24.3. The maximum Gasteiger partial charge on any atom is 0.408 e. The van der Waals surface area contributed by atoms with Crippen molar-refractivity contribution in [3.63, 3.8) is 0 Å². The van der Waals surface area contributed by atoms with Crippen LogP contribution in [0, 0.1) is 0 Å². The van der Waals surface area contributed by atoms with Gasteiger partial charge in [-0.2, -0.15) is 0 Å². The lowest BCUT2D eigenvalue weighted by Crippen LogP contribution is -2.50. The van der Waals surface area contributed by atoms with E-state index < -0.39 is 29.6 Å². The summed E-state index contributed by atoms with van der Waals surface area (Å²) in [5.41, 5.74) is 1.14. The lowest BCUT2D eigenvalue weighted by Gasteiger charge is -2.23. The highest BCUT2D eigenvalue weighted by Gasteiger charge is 2.25. The van der Waals surface area contributed by atoms with Gasteiger partial charge in [0, 0.05) is 6.42 Å². The average Bonchev–Trinajstić information content (AvgIpc) is 2.76. The molecule has 0 aliphatic heterocycles. The predicted molar refractivity (Wildman–Crippen MR) is 124 cm³/mol. The summed E-state index contributed by atoms with van der Waals surface area (Å²) in [6.07, 6.45) is -0.519. The second-order valence-electron chi connectivity index (χ2n) is 8.34. The van der Waals surface area contributed by atoms with Crippen molar-refractivity contribution < 1.29 is 28.6 Å². The number of benzene rings is 2. The quantitative estimate of drug-likeness (QED) is 0.532. The van der Waals surface area contributed by atoms with E-state index in [9.17, 15) is 14.4 Å². The molecule has 0 saturated carbocycles. The van der Waals surface area contributed by atoms with Gasteiger partial charge in [0.2, 0.25) is 5.91 Å². The van der Waals surface area contributed by atoms with Gasteiger partial charge in [-0.15, -0.1) is 0 Å². The van der Waals surface area contributed by atoms with E-state index in [0.717, 1.165) is 11.1 Å². The molecule has 0 bridgehead atoms. The Bertz CT molecular complexity index is 907. The van der Waals surface area contributed by atoms with Crippen molar-refractivity contribution in [2.75, 3.05) is 13.2 Å². The SMILES string of the molecule is CCOC(=O)CNC(=O)C(Cc1ccc(OCc2ccccc2)cc1)NC(=O)OC(C)(C)C. The summed E-state index contributed by atoms with van der Waals surface area (Å²) < 4.78 is 15.9. The first kappa shape index (κ1) is 25.7. The molecule has 8 heteroatoms. The van der Waals surface area contributed by atoms with E-state index in [1.54, 1.807) is 39.8 Å². The molecule has 0 saturated heterocycles. The number of amides is 2. The number of nitrogens with one attached hydrogen (secondary N) is 2. The molecule has 2 rings (SSSR count). The van der Waals surface area contributed by atoms with Crippen molar-refractivity contribution in [3.8, 4) is 5.75 Å². The van der Waals surface area contributed by atoms with E-state index >= 15 is 0 Å². The molecular weight excluding hydrogens is 424 g/mol. The van der Waals surface area contributed by atoms with Gasteiger partial charge in [0.15, 0.2) is 0 Å². The largest absolute Gasteiger partial charge is 0.489 e. The molecule has 2 amide bonds. The molecule has 2 N–H and O–H groups in total. The maximum absolute atomic E-state index is 12.7. The average molecular weight is 457 g/mol. The van der Waals surface area contributed by atoms with Crippen molar-refractivity contribution in [2.45, 2.75) is 52.4 Å². The molecule has 2 aromatic carbocycles. The zero-order valence-electron chi connectivity index (χ0n) is 19.6. The monoisotopic (exact) mass is 456 g/mol. The second kappa shape index (κ2) is 12.5. The van der Waals surface area contributed by atoms with Crippen LogP contribution >= 0.6 is 0 Å². The Morgan fingerprint density at radius 3 is 2.21 bits per heavy atom.